The van der Waals surface area contributed by atoms with Crippen molar-refractivity contribution >= 4 is 11.8 Å². The molecule has 1 rings (SSSR count). The molecule has 1 aromatic rings. The summed E-state index contributed by atoms with van der Waals surface area (Å²) in [6.45, 7) is 4.30. The first-order chi connectivity index (χ1) is 7.13. The molecule has 0 atom stereocenters. The summed E-state index contributed by atoms with van der Waals surface area (Å²) < 4.78 is 4.52. The third kappa shape index (κ3) is 3.53. The molecule has 0 spiro atoms. The van der Waals surface area contributed by atoms with Crippen molar-refractivity contribution in [2.45, 2.75) is 20.3 Å². The van der Waals surface area contributed by atoms with Crippen molar-refractivity contribution in [3.63, 3.8) is 0 Å². The van der Waals surface area contributed by atoms with Gasteiger partial charge in [-0.1, -0.05) is 0 Å². The first-order valence-electron chi connectivity index (χ1n) is 4.74. The molecular weight excluding hydrogens is 194 g/mol. The van der Waals surface area contributed by atoms with Crippen LogP contribution in [0.2, 0.25) is 0 Å². The Kier molecular flexibility index (Phi) is 4.03. The maximum Gasteiger partial charge on any atom is 0.307 e. The second kappa shape index (κ2) is 5.29. The number of methoxy groups -OCH3 is 1. The summed E-state index contributed by atoms with van der Waals surface area (Å²) in [6, 6.07) is 0. The van der Waals surface area contributed by atoms with Gasteiger partial charge in [-0.3, -0.25) is 9.78 Å². The molecule has 0 unspecified atom stereocenters. The number of hydrogen-bond donors (Lipinski definition) is 1. The van der Waals surface area contributed by atoms with E-state index in [-0.39, 0.29) is 5.97 Å². The van der Waals surface area contributed by atoms with Crippen molar-refractivity contribution in [2.24, 2.45) is 0 Å². The van der Waals surface area contributed by atoms with E-state index >= 15 is 0 Å². The quantitative estimate of drug-likeness (QED) is 0.751. The molecule has 1 heterocycles. The summed E-state index contributed by atoms with van der Waals surface area (Å²) in [5.41, 5.74) is 1.80. The van der Waals surface area contributed by atoms with Crippen LogP contribution in [-0.2, 0) is 9.53 Å². The van der Waals surface area contributed by atoms with E-state index in [1.165, 1.54) is 7.11 Å². The van der Waals surface area contributed by atoms with E-state index in [1.807, 2.05) is 13.8 Å². The minimum Gasteiger partial charge on any atom is -0.469 e. The van der Waals surface area contributed by atoms with Gasteiger partial charge in [0, 0.05) is 6.54 Å². The molecule has 5 heteroatoms. The van der Waals surface area contributed by atoms with Crippen molar-refractivity contribution in [1.82, 2.24) is 9.97 Å². The summed E-state index contributed by atoms with van der Waals surface area (Å²) in [6.07, 6.45) is 1.98. The van der Waals surface area contributed by atoms with Gasteiger partial charge in [0.05, 0.1) is 31.1 Å². The molecule has 0 saturated carbocycles. The topological polar surface area (TPSA) is 64.1 Å². The summed E-state index contributed by atoms with van der Waals surface area (Å²) in [7, 11) is 1.37. The maximum atomic E-state index is 10.8. The van der Waals surface area contributed by atoms with Crippen molar-refractivity contribution < 1.29 is 9.53 Å². The average molecular weight is 209 g/mol. The maximum absolute atomic E-state index is 10.8. The highest BCUT2D eigenvalue weighted by Gasteiger charge is 2.01. The zero-order chi connectivity index (χ0) is 11.3. The van der Waals surface area contributed by atoms with Gasteiger partial charge >= 0.3 is 5.97 Å². The first-order valence-corrected chi connectivity index (χ1v) is 4.74. The third-order valence-electron chi connectivity index (χ3n) is 2.06. The Morgan fingerprint density at radius 3 is 2.80 bits per heavy atom. The number of nitrogens with one attached hydrogen (secondary N) is 1. The molecule has 0 fully saturated rings. The van der Waals surface area contributed by atoms with Crippen LogP contribution in [0, 0.1) is 13.8 Å². The lowest BCUT2D eigenvalue weighted by Gasteiger charge is -2.05. The van der Waals surface area contributed by atoms with Crippen LogP contribution in [0.15, 0.2) is 6.20 Å². The SMILES string of the molecule is COC(=O)CCNc1cnc(C)c(C)n1. The van der Waals surface area contributed by atoms with Crippen LogP contribution >= 0.6 is 0 Å². The van der Waals surface area contributed by atoms with Gasteiger partial charge in [-0.05, 0) is 13.8 Å². The lowest BCUT2D eigenvalue weighted by Crippen LogP contribution is -2.11. The van der Waals surface area contributed by atoms with Crippen LogP contribution in [0.25, 0.3) is 0 Å². The number of esters is 1. The highest BCUT2D eigenvalue weighted by Crippen LogP contribution is 2.05. The van der Waals surface area contributed by atoms with Crippen LogP contribution in [-0.4, -0.2) is 29.6 Å². The first kappa shape index (κ1) is 11.4. The normalized spacial score (nSPS) is 9.80. The number of hydrogen-bond acceptors (Lipinski definition) is 5. The Morgan fingerprint density at radius 2 is 2.20 bits per heavy atom. The zero-order valence-corrected chi connectivity index (χ0v) is 9.20. The second-order valence-electron chi connectivity index (χ2n) is 3.18. The number of rotatable bonds is 4. The van der Waals surface area contributed by atoms with E-state index in [0.717, 1.165) is 11.4 Å². The van der Waals surface area contributed by atoms with Crippen LogP contribution < -0.4 is 5.32 Å². The fourth-order valence-corrected chi connectivity index (χ4v) is 1.02. The van der Waals surface area contributed by atoms with Gasteiger partial charge in [0.2, 0.25) is 0 Å². The molecule has 0 saturated heterocycles. The fraction of sp³-hybridized carbons (Fsp3) is 0.500. The Bertz CT molecular complexity index is 353. The Balaban J connectivity index is 2.44. The predicted octanol–water partition coefficient (Wildman–Crippen LogP) is 1.07. The molecule has 15 heavy (non-hydrogen) atoms. The van der Waals surface area contributed by atoms with E-state index in [4.69, 9.17) is 0 Å². The van der Waals surface area contributed by atoms with Gasteiger partial charge in [-0.25, -0.2) is 4.98 Å². The summed E-state index contributed by atoms with van der Waals surface area (Å²) in [5.74, 6) is 0.446. The third-order valence-corrected chi connectivity index (χ3v) is 2.06. The van der Waals surface area contributed by atoms with E-state index in [9.17, 15) is 4.79 Å². The van der Waals surface area contributed by atoms with Crippen LogP contribution in [0.5, 0.6) is 0 Å². The number of nitrogens with zero attached hydrogens (tertiary/aromatic N) is 2. The van der Waals surface area contributed by atoms with Crippen molar-refractivity contribution in [3.05, 3.63) is 17.6 Å². The Labute approximate surface area is 88.9 Å². The van der Waals surface area contributed by atoms with Gasteiger partial charge in [0.25, 0.3) is 0 Å². The van der Waals surface area contributed by atoms with E-state index < -0.39 is 0 Å². The monoisotopic (exact) mass is 209 g/mol. The number of carbonyl (C=O) groups is 1. The molecular formula is C10H15N3O2. The van der Waals surface area contributed by atoms with Crippen LogP contribution in [0.1, 0.15) is 17.8 Å². The highest BCUT2D eigenvalue weighted by molar-refractivity contribution is 5.69. The number of aromatic nitrogens is 2. The van der Waals surface area contributed by atoms with Crippen LogP contribution in [0.4, 0.5) is 5.82 Å². The molecule has 0 aliphatic carbocycles. The minimum absolute atomic E-state index is 0.237. The van der Waals surface area contributed by atoms with E-state index in [1.54, 1.807) is 6.20 Å². The van der Waals surface area contributed by atoms with E-state index in [2.05, 4.69) is 20.0 Å². The molecule has 0 aliphatic rings. The Morgan fingerprint density at radius 1 is 1.47 bits per heavy atom. The fourth-order valence-electron chi connectivity index (χ4n) is 1.02. The molecule has 0 aromatic carbocycles. The molecule has 0 bridgehead atoms. The lowest BCUT2D eigenvalue weighted by molar-refractivity contribution is -0.140. The molecule has 5 nitrogen and oxygen atoms in total. The van der Waals surface area contributed by atoms with Gasteiger partial charge < -0.3 is 10.1 Å². The molecule has 0 amide bonds. The molecule has 0 aliphatic heterocycles. The smallest absolute Gasteiger partial charge is 0.307 e. The number of ether oxygens (including phenoxy) is 1. The van der Waals surface area contributed by atoms with Crippen LogP contribution in [0.3, 0.4) is 0 Å². The highest BCUT2D eigenvalue weighted by atomic mass is 16.5. The summed E-state index contributed by atoms with van der Waals surface area (Å²) >= 11 is 0. The van der Waals surface area contributed by atoms with Crippen molar-refractivity contribution in [1.29, 1.82) is 0 Å². The second-order valence-corrected chi connectivity index (χ2v) is 3.18. The number of anilines is 1. The average Bonchev–Trinajstić information content (AvgIpc) is 2.23. The molecule has 1 aromatic heterocycles. The standard InChI is InChI=1S/C10H15N3O2/c1-7-8(2)13-9(6-12-7)11-5-4-10(14)15-3/h6H,4-5H2,1-3H3,(H,11,13). The summed E-state index contributed by atoms with van der Waals surface area (Å²) in [5, 5.41) is 3.00. The van der Waals surface area contributed by atoms with Crippen molar-refractivity contribution in [3.8, 4) is 0 Å². The number of carbonyl (C=O) groups excluding carboxylic acids is 1. The molecule has 1 N–H and O–H groups in total. The summed E-state index contributed by atoms with van der Waals surface area (Å²) in [4.78, 5) is 19.2. The molecule has 0 radical (unpaired) electrons. The van der Waals surface area contributed by atoms with Gasteiger partial charge in [0.15, 0.2) is 0 Å². The largest absolute Gasteiger partial charge is 0.469 e. The lowest BCUT2D eigenvalue weighted by atomic mass is 10.3. The van der Waals surface area contributed by atoms with Gasteiger partial charge in [-0.2, -0.15) is 0 Å². The predicted molar refractivity (Wildman–Crippen MR) is 56.6 cm³/mol. The molecule has 82 valence electrons. The van der Waals surface area contributed by atoms with Crippen molar-refractivity contribution in [2.75, 3.05) is 19.0 Å². The van der Waals surface area contributed by atoms with Gasteiger partial charge in [-0.15, -0.1) is 0 Å². The zero-order valence-electron chi connectivity index (χ0n) is 9.20. The number of aryl methyl sites for hydroxylation is 2. The Hall–Kier alpha value is -1.65. The minimum atomic E-state index is -0.237. The van der Waals surface area contributed by atoms with E-state index in [0.29, 0.717) is 18.8 Å². The van der Waals surface area contributed by atoms with Gasteiger partial charge in [0.1, 0.15) is 5.82 Å².